The number of nitrogens with zero attached hydrogens (tertiary/aromatic N) is 1. The molecule has 2 unspecified atom stereocenters. The Bertz CT molecular complexity index is 737. The Morgan fingerprint density at radius 2 is 1.96 bits per heavy atom. The van der Waals surface area contributed by atoms with Crippen LogP contribution in [0, 0.1) is 5.92 Å². The number of anilines is 1. The first-order chi connectivity index (χ1) is 11.9. The van der Waals surface area contributed by atoms with Crippen LogP contribution in [0.5, 0.6) is 0 Å². The van der Waals surface area contributed by atoms with Gasteiger partial charge in [0.2, 0.25) is 0 Å². The van der Waals surface area contributed by atoms with Crippen LogP contribution in [0.2, 0.25) is 0 Å². The molecule has 0 saturated heterocycles. The van der Waals surface area contributed by atoms with Gasteiger partial charge in [0.1, 0.15) is 0 Å². The number of hydrogen-bond acceptors (Lipinski definition) is 3. The average molecular weight is 345 g/mol. The van der Waals surface area contributed by atoms with Crippen molar-refractivity contribution in [2.75, 3.05) is 11.9 Å². The molecule has 136 valence electrons. The fourth-order valence-corrected chi connectivity index (χ4v) is 2.91. The van der Waals surface area contributed by atoms with E-state index in [9.17, 15) is 14.7 Å². The van der Waals surface area contributed by atoms with Crippen LogP contribution in [-0.4, -0.2) is 34.1 Å². The van der Waals surface area contributed by atoms with Crippen LogP contribution in [0.1, 0.15) is 33.6 Å². The molecule has 0 aliphatic heterocycles. The van der Waals surface area contributed by atoms with Gasteiger partial charge in [-0.3, -0.25) is 9.59 Å². The van der Waals surface area contributed by atoms with Gasteiger partial charge in [-0.05, 0) is 49.9 Å². The lowest BCUT2D eigenvalue weighted by Gasteiger charge is -2.14. The van der Waals surface area contributed by atoms with E-state index in [1.165, 1.54) is 0 Å². The Morgan fingerprint density at radius 1 is 1.20 bits per heavy atom. The van der Waals surface area contributed by atoms with Crippen molar-refractivity contribution >= 4 is 28.4 Å². The van der Waals surface area contributed by atoms with Gasteiger partial charge in [-0.1, -0.05) is 13.8 Å². The molecular weight excluding hydrogens is 318 g/mol. The Balaban J connectivity index is 1.93. The molecule has 6 heteroatoms. The van der Waals surface area contributed by atoms with Gasteiger partial charge < -0.3 is 20.3 Å². The molecule has 2 atom stereocenters. The van der Waals surface area contributed by atoms with Crippen LogP contribution < -0.4 is 10.6 Å². The lowest BCUT2D eigenvalue weighted by atomic mass is 10.0. The molecule has 0 aliphatic carbocycles. The first kappa shape index (κ1) is 19.0. The molecule has 2 rings (SSSR count). The van der Waals surface area contributed by atoms with E-state index < -0.39 is 17.9 Å². The maximum absolute atomic E-state index is 12.0. The van der Waals surface area contributed by atoms with Gasteiger partial charge in [0.25, 0.3) is 0 Å². The fourth-order valence-electron chi connectivity index (χ4n) is 2.91. The number of benzene rings is 1. The summed E-state index contributed by atoms with van der Waals surface area (Å²) >= 11 is 0. The van der Waals surface area contributed by atoms with Crippen molar-refractivity contribution in [2.24, 2.45) is 5.92 Å². The predicted molar refractivity (Wildman–Crippen MR) is 99.3 cm³/mol. The summed E-state index contributed by atoms with van der Waals surface area (Å²) in [5.41, 5.74) is 1.70. The zero-order valence-electron chi connectivity index (χ0n) is 15.1. The molecule has 25 heavy (non-hydrogen) atoms. The van der Waals surface area contributed by atoms with E-state index in [0.717, 1.165) is 23.9 Å². The van der Waals surface area contributed by atoms with Crippen LogP contribution in [0.25, 0.3) is 10.9 Å². The van der Waals surface area contributed by atoms with Crippen molar-refractivity contribution in [1.29, 1.82) is 0 Å². The van der Waals surface area contributed by atoms with Gasteiger partial charge in [0.05, 0.1) is 6.10 Å². The third-order valence-electron chi connectivity index (χ3n) is 4.05. The van der Waals surface area contributed by atoms with Crippen LogP contribution in [0.15, 0.2) is 30.5 Å². The summed E-state index contributed by atoms with van der Waals surface area (Å²) in [6, 6.07) is 7.61. The van der Waals surface area contributed by atoms with Crippen molar-refractivity contribution in [2.45, 2.75) is 46.3 Å². The van der Waals surface area contributed by atoms with E-state index in [0.29, 0.717) is 18.7 Å². The number of nitrogens with one attached hydrogen (secondary N) is 2. The molecule has 0 radical (unpaired) electrons. The number of aliphatic hydroxyl groups is 1. The van der Waals surface area contributed by atoms with E-state index in [-0.39, 0.29) is 5.92 Å². The second-order valence-corrected chi connectivity index (χ2v) is 6.64. The SMILES string of the molecule is CCCn1ccc2cc(NC(=O)C(=O)NCC(C)CC(C)O)ccc21. The third kappa shape index (κ3) is 5.32. The third-order valence-corrected chi connectivity index (χ3v) is 4.05. The quantitative estimate of drug-likeness (QED) is 0.674. The van der Waals surface area contributed by atoms with Crippen LogP contribution in [0.4, 0.5) is 5.69 Å². The highest BCUT2D eigenvalue weighted by molar-refractivity contribution is 6.39. The molecule has 1 aromatic carbocycles. The lowest BCUT2D eigenvalue weighted by Crippen LogP contribution is -2.38. The number of fused-ring (bicyclic) bond motifs is 1. The first-order valence-electron chi connectivity index (χ1n) is 8.76. The maximum Gasteiger partial charge on any atom is 0.313 e. The number of aryl methyl sites for hydroxylation is 1. The molecular formula is C19H27N3O3. The average Bonchev–Trinajstić information content (AvgIpc) is 2.94. The Kier molecular flexibility index (Phi) is 6.58. The van der Waals surface area contributed by atoms with Gasteiger partial charge in [-0.15, -0.1) is 0 Å². The number of rotatable bonds is 7. The first-order valence-corrected chi connectivity index (χ1v) is 8.76. The molecule has 0 spiro atoms. The monoisotopic (exact) mass is 345 g/mol. The number of amides is 2. The minimum Gasteiger partial charge on any atom is -0.393 e. The van der Waals surface area contributed by atoms with E-state index in [1.807, 2.05) is 31.3 Å². The van der Waals surface area contributed by atoms with E-state index in [4.69, 9.17) is 0 Å². The zero-order chi connectivity index (χ0) is 18.4. The summed E-state index contributed by atoms with van der Waals surface area (Å²) < 4.78 is 2.16. The van der Waals surface area contributed by atoms with Crippen LogP contribution >= 0.6 is 0 Å². The second-order valence-electron chi connectivity index (χ2n) is 6.64. The molecule has 0 bridgehead atoms. The molecule has 6 nitrogen and oxygen atoms in total. The number of aromatic nitrogens is 1. The topological polar surface area (TPSA) is 83.4 Å². The Hall–Kier alpha value is -2.34. The molecule has 1 aromatic heterocycles. The summed E-state index contributed by atoms with van der Waals surface area (Å²) in [5, 5.41) is 15.6. The normalized spacial score (nSPS) is 13.4. The summed E-state index contributed by atoms with van der Waals surface area (Å²) in [6.07, 6.45) is 3.23. The minimum atomic E-state index is -0.684. The fraction of sp³-hybridized carbons (Fsp3) is 0.474. The number of carbonyl (C=O) groups excluding carboxylic acids is 2. The summed E-state index contributed by atoms with van der Waals surface area (Å²) in [5.74, 6) is -1.25. The minimum absolute atomic E-state index is 0.103. The van der Waals surface area contributed by atoms with Gasteiger partial charge in [0.15, 0.2) is 0 Å². The second kappa shape index (κ2) is 8.67. The summed E-state index contributed by atoms with van der Waals surface area (Å²) in [7, 11) is 0. The largest absolute Gasteiger partial charge is 0.393 e. The highest BCUT2D eigenvalue weighted by atomic mass is 16.3. The van der Waals surface area contributed by atoms with Crippen molar-refractivity contribution in [3.05, 3.63) is 30.5 Å². The highest BCUT2D eigenvalue weighted by Crippen LogP contribution is 2.20. The highest BCUT2D eigenvalue weighted by Gasteiger charge is 2.15. The van der Waals surface area contributed by atoms with Gasteiger partial charge in [-0.25, -0.2) is 0 Å². The smallest absolute Gasteiger partial charge is 0.313 e. The lowest BCUT2D eigenvalue weighted by molar-refractivity contribution is -0.136. The van der Waals surface area contributed by atoms with Crippen molar-refractivity contribution < 1.29 is 14.7 Å². The van der Waals surface area contributed by atoms with E-state index in [2.05, 4.69) is 22.1 Å². The van der Waals surface area contributed by atoms with Gasteiger partial charge >= 0.3 is 11.8 Å². The Morgan fingerprint density at radius 3 is 2.64 bits per heavy atom. The molecule has 0 saturated carbocycles. The summed E-state index contributed by atoms with van der Waals surface area (Å²) in [4.78, 5) is 23.9. The molecule has 0 fully saturated rings. The predicted octanol–water partition coefficient (Wildman–Crippen LogP) is 2.51. The molecule has 2 aromatic rings. The van der Waals surface area contributed by atoms with Crippen molar-refractivity contribution in [3.8, 4) is 0 Å². The van der Waals surface area contributed by atoms with Gasteiger partial charge in [0, 0.05) is 35.9 Å². The molecule has 2 amide bonds. The standard InChI is InChI=1S/C19H27N3O3/c1-4-8-22-9-7-15-11-16(5-6-17(15)22)21-19(25)18(24)20-12-13(2)10-14(3)23/h5-7,9,11,13-14,23H,4,8,10,12H2,1-3H3,(H,20,24)(H,21,25). The van der Waals surface area contributed by atoms with E-state index in [1.54, 1.807) is 13.0 Å². The van der Waals surface area contributed by atoms with Crippen LogP contribution in [0.3, 0.4) is 0 Å². The maximum atomic E-state index is 12.0. The van der Waals surface area contributed by atoms with E-state index >= 15 is 0 Å². The van der Waals surface area contributed by atoms with Crippen LogP contribution in [-0.2, 0) is 16.1 Å². The van der Waals surface area contributed by atoms with Gasteiger partial charge in [-0.2, -0.15) is 0 Å². The van der Waals surface area contributed by atoms with Crippen molar-refractivity contribution in [1.82, 2.24) is 9.88 Å². The Labute approximate surface area is 148 Å². The number of carbonyl (C=O) groups is 2. The zero-order valence-corrected chi connectivity index (χ0v) is 15.1. The number of aliphatic hydroxyl groups excluding tert-OH is 1. The number of hydrogen-bond donors (Lipinski definition) is 3. The summed E-state index contributed by atoms with van der Waals surface area (Å²) in [6.45, 7) is 7.05. The molecule has 0 aliphatic rings. The molecule has 3 N–H and O–H groups in total. The molecule has 1 heterocycles. The van der Waals surface area contributed by atoms with Crippen molar-refractivity contribution in [3.63, 3.8) is 0 Å².